The molecule has 0 bridgehead atoms. The SMILES string of the molecule is C[C@@H](CO)NC(=O)CC1COCCN1. The van der Waals surface area contributed by atoms with E-state index in [1.54, 1.807) is 6.92 Å². The van der Waals surface area contributed by atoms with Crippen LogP contribution in [0.15, 0.2) is 0 Å². The quantitative estimate of drug-likeness (QED) is 0.539. The van der Waals surface area contributed by atoms with Gasteiger partial charge in [0.25, 0.3) is 0 Å². The molecule has 1 saturated heterocycles. The van der Waals surface area contributed by atoms with E-state index in [0.717, 1.165) is 6.54 Å². The normalized spacial score (nSPS) is 24.3. The van der Waals surface area contributed by atoms with Crippen LogP contribution < -0.4 is 10.6 Å². The van der Waals surface area contributed by atoms with E-state index in [2.05, 4.69) is 10.6 Å². The van der Waals surface area contributed by atoms with Crippen molar-refractivity contribution < 1.29 is 14.6 Å². The third-order valence-corrected chi connectivity index (χ3v) is 2.11. The van der Waals surface area contributed by atoms with E-state index in [-0.39, 0.29) is 24.6 Å². The number of hydrogen-bond donors (Lipinski definition) is 3. The molecule has 3 N–H and O–H groups in total. The fourth-order valence-electron chi connectivity index (χ4n) is 1.35. The van der Waals surface area contributed by atoms with Gasteiger partial charge in [-0.3, -0.25) is 4.79 Å². The molecule has 14 heavy (non-hydrogen) atoms. The summed E-state index contributed by atoms with van der Waals surface area (Å²) in [4.78, 5) is 11.4. The smallest absolute Gasteiger partial charge is 0.221 e. The van der Waals surface area contributed by atoms with E-state index in [1.165, 1.54) is 0 Å². The van der Waals surface area contributed by atoms with Gasteiger partial charge < -0.3 is 20.5 Å². The first kappa shape index (κ1) is 11.4. The lowest BCUT2D eigenvalue weighted by molar-refractivity contribution is -0.123. The van der Waals surface area contributed by atoms with E-state index < -0.39 is 0 Å². The molecule has 0 aromatic heterocycles. The summed E-state index contributed by atoms with van der Waals surface area (Å²) in [5.41, 5.74) is 0. The number of aliphatic hydroxyl groups is 1. The number of morpholine rings is 1. The van der Waals surface area contributed by atoms with E-state index >= 15 is 0 Å². The average Bonchev–Trinajstić information content (AvgIpc) is 2.19. The summed E-state index contributed by atoms with van der Waals surface area (Å²) in [6, 6.07) is -0.0679. The highest BCUT2D eigenvalue weighted by Crippen LogP contribution is 1.98. The third-order valence-electron chi connectivity index (χ3n) is 2.11. The van der Waals surface area contributed by atoms with Crippen molar-refractivity contribution in [2.75, 3.05) is 26.4 Å². The van der Waals surface area contributed by atoms with Crippen molar-refractivity contribution in [3.05, 3.63) is 0 Å². The van der Waals surface area contributed by atoms with Crippen LogP contribution in [0.5, 0.6) is 0 Å². The summed E-state index contributed by atoms with van der Waals surface area (Å²) in [7, 11) is 0. The largest absolute Gasteiger partial charge is 0.394 e. The van der Waals surface area contributed by atoms with E-state index in [0.29, 0.717) is 19.6 Å². The number of amides is 1. The maximum atomic E-state index is 11.4. The van der Waals surface area contributed by atoms with Crippen LogP contribution in [-0.2, 0) is 9.53 Å². The zero-order valence-electron chi connectivity index (χ0n) is 8.45. The van der Waals surface area contributed by atoms with Crippen LogP contribution in [0.1, 0.15) is 13.3 Å². The van der Waals surface area contributed by atoms with Gasteiger partial charge in [-0.05, 0) is 6.92 Å². The molecular formula is C9H18N2O3. The van der Waals surface area contributed by atoms with Gasteiger partial charge in [0.15, 0.2) is 0 Å². The number of aliphatic hydroxyl groups excluding tert-OH is 1. The molecule has 5 heteroatoms. The molecule has 2 atom stereocenters. The lowest BCUT2D eigenvalue weighted by Crippen LogP contribution is -2.45. The zero-order chi connectivity index (χ0) is 10.4. The van der Waals surface area contributed by atoms with Crippen LogP contribution in [0.4, 0.5) is 0 Å². The van der Waals surface area contributed by atoms with E-state index in [1.807, 2.05) is 0 Å². The molecular weight excluding hydrogens is 184 g/mol. The number of ether oxygens (including phenoxy) is 1. The first-order valence-corrected chi connectivity index (χ1v) is 4.93. The predicted octanol–water partition coefficient (Wildman–Crippen LogP) is -1.14. The second kappa shape index (κ2) is 5.95. The Hall–Kier alpha value is -0.650. The second-order valence-corrected chi connectivity index (χ2v) is 3.58. The Bertz CT molecular complexity index is 181. The van der Waals surface area contributed by atoms with Crippen molar-refractivity contribution >= 4 is 5.91 Å². The minimum atomic E-state index is -0.174. The van der Waals surface area contributed by atoms with Crippen LogP contribution in [-0.4, -0.2) is 49.5 Å². The Morgan fingerprint density at radius 2 is 2.57 bits per heavy atom. The van der Waals surface area contributed by atoms with Gasteiger partial charge in [0.2, 0.25) is 5.91 Å². The van der Waals surface area contributed by atoms with Crippen LogP contribution in [0.2, 0.25) is 0 Å². The molecule has 1 rings (SSSR count). The Morgan fingerprint density at radius 1 is 1.79 bits per heavy atom. The number of rotatable bonds is 4. The molecule has 1 aliphatic heterocycles. The standard InChI is InChI=1S/C9H18N2O3/c1-7(5-12)11-9(13)4-8-6-14-3-2-10-8/h7-8,10,12H,2-6H2,1H3,(H,11,13)/t7-,8?/m0/s1. The highest BCUT2D eigenvalue weighted by molar-refractivity contribution is 5.76. The molecule has 1 heterocycles. The lowest BCUT2D eigenvalue weighted by Gasteiger charge is -2.23. The van der Waals surface area contributed by atoms with Gasteiger partial charge >= 0.3 is 0 Å². The highest BCUT2D eigenvalue weighted by atomic mass is 16.5. The van der Waals surface area contributed by atoms with Gasteiger partial charge in [-0.1, -0.05) is 0 Å². The number of hydrogen-bond acceptors (Lipinski definition) is 4. The summed E-state index contributed by atoms with van der Waals surface area (Å²) in [5.74, 6) is -0.0467. The van der Waals surface area contributed by atoms with Crippen LogP contribution in [0.25, 0.3) is 0 Å². The van der Waals surface area contributed by atoms with Crippen molar-refractivity contribution in [3.8, 4) is 0 Å². The number of carbonyl (C=O) groups is 1. The first-order valence-electron chi connectivity index (χ1n) is 4.93. The van der Waals surface area contributed by atoms with Crippen molar-refractivity contribution in [2.45, 2.75) is 25.4 Å². The van der Waals surface area contributed by atoms with E-state index in [4.69, 9.17) is 9.84 Å². The van der Waals surface area contributed by atoms with Gasteiger partial charge in [0, 0.05) is 25.0 Å². The maximum absolute atomic E-state index is 11.4. The third kappa shape index (κ3) is 4.04. The summed E-state index contributed by atoms with van der Waals surface area (Å²) in [6.45, 7) is 3.84. The van der Waals surface area contributed by atoms with Gasteiger partial charge in [0.1, 0.15) is 0 Å². The van der Waals surface area contributed by atoms with Gasteiger partial charge in [-0.15, -0.1) is 0 Å². The Kier molecular flexibility index (Phi) is 4.86. The maximum Gasteiger partial charge on any atom is 0.221 e. The van der Waals surface area contributed by atoms with Gasteiger partial charge in [-0.2, -0.15) is 0 Å². The molecule has 1 unspecified atom stereocenters. The van der Waals surface area contributed by atoms with Crippen molar-refractivity contribution in [1.82, 2.24) is 10.6 Å². The molecule has 5 nitrogen and oxygen atoms in total. The summed E-state index contributed by atoms with van der Waals surface area (Å²) in [6.07, 6.45) is 0.407. The molecule has 0 aromatic carbocycles. The summed E-state index contributed by atoms with van der Waals surface area (Å²) >= 11 is 0. The summed E-state index contributed by atoms with van der Waals surface area (Å²) in [5, 5.41) is 14.6. The molecule has 1 aliphatic rings. The zero-order valence-corrected chi connectivity index (χ0v) is 8.45. The van der Waals surface area contributed by atoms with Crippen molar-refractivity contribution in [2.24, 2.45) is 0 Å². The lowest BCUT2D eigenvalue weighted by atomic mass is 10.2. The molecule has 0 saturated carbocycles. The Morgan fingerprint density at radius 3 is 3.14 bits per heavy atom. The highest BCUT2D eigenvalue weighted by Gasteiger charge is 2.17. The minimum Gasteiger partial charge on any atom is -0.394 e. The number of carbonyl (C=O) groups excluding carboxylic acids is 1. The Balaban J connectivity index is 2.18. The van der Waals surface area contributed by atoms with Crippen LogP contribution in [0, 0.1) is 0 Å². The monoisotopic (exact) mass is 202 g/mol. The molecule has 0 radical (unpaired) electrons. The second-order valence-electron chi connectivity index (χ2n) is 3.58. The van der Waals surface area contributed by atoms with Crippen molar-refractivity contribution in [3.63, 3.8) is 0 Å². The molecule has 1 fully saturated rings. The molecule has 0 aromatic rings. The fraction of sp³-hybridized carbons (Fsp3) is 0.889. The topological polar surface area (TPSA) is 70.6 Å². The van der Waals surface area contributed by atoms with Crippen LogP contribution in [0.3, 0.4) is 0 Å². The predicted molar refractivity (Wildman–Crippen MR) is 51.9 cm³/mol. The first-order chi connectivity index (χ1) is 6.72. The fourth-order valence-corrected chi connectivity index (χ4v) is 1.35. The van der Waals surface area contributed by atoms with Gasteiger partial charge in [-0.25, -0.2) is 0 Å². The average molecular weight is 202 g/mol. The van der Waals surface area contributed by atoms with Crippen molar-refractivity contribution in [1.29, 1.82) is 0 Å². The molecule has 0 spiro atoms. The van der Waals surface area contributed by atoms with Gasteiger partial charge in [0.05, 0.1) is 19.8 Å². The minimum absolute atomic E-state index is 0.0274. The Labute approximate surface area is 83.8 Å². The molecule has 82 valence electrons. The molecule has 1 amide bonds. The molecule has 0 aliphatic carbocycles. The van der Waals surface area contributed by atoms with E-state index in [9.17, 15) is 4.79 Å². The van der Waals surface area contributed by atoms with Crippen LogP contribution >= 0.6 is 0 Å². The summed E-state index contributed by atoms with van der Waals surface area (Å²) < 4.78 is 5.22. The number of nitrogens with one attached hydrogen (secondary N) is 2.